The molecule has 0 spiro atoms. The van der Waals surface area contributed by atoms with Crippen molar-refractivity contribution >= 4 is 17.5 Å². The van der Waals surface area contributed by atoms with Gasteiger partial charge in [-0.25, -0.2) is 0 Å². The second-order valence-corrected chi connectivity index (χ2v) is 7.18. The topological polar surface area (TPSA) is 52.7 Å². The van der Waals surface area contributed by atoms with E-state index in [0.29, 0.717) is 32.7 Å². The van der Waals surface area contributed by atoms with Gasteiger partial charge in [-0.1, -0.05) is 30.3 Å². The van der Waals surface area contributed by atoms with Crippen molar-refractivity contribution in [2.75, 3.05) is 38.0 Å². The van der Waals surface area contributed by atoms with Crippen LogP contribution in [0.3, 0.4) is 0 Å². The zero-order valence-electron chi connectivity index (χ0n) is 16.3. The summed E-state index contributed by atoms with van der Waals surface area (Å²) in [6, 6.07) is 13.6. The minimum Gasteiger partial charge on any atom is -0.336 e. The standard InChI is InChI=1S/C22H27N3O2/c1-16-8-6-10-20(18(16)3)23-21(26)15-24-11-13-25(14-12-24)22(27)19-9-5-4-7-17(19)2/h4-10H,11-15H2,1-3H3,(H,23,26). The zero-order valence-corrected chi connectivity index (χ0v) is 16.3. The molecule has 0 saturated carbocycles. The number of carbonyl (C=O) groups is 2. The third-order valence-corrected chi connectivity index (χ3v) is 5.28. The maximum Gasteiger partial charge on any atom is 0.254 e. The van der Waals surface area contributed by atoms with Crippen molar-refractivity contribution in [3.05, 3.63) is 64.7 Å². The summed E-state index contributed by atoms with van der Waals surface area (Å²) < 4.78 is 0. The maximum absolute atomic E-state index is 12.7. The third-order valence-electron chi connectivity index (χ3n) is 5.28. The second-order valence-electron chi connectivity index (χ2n) is 7.18. The number of nitrogens with one attached hydrogen (secondary N) is 1. The lowest BCUT2D eigenvalue weighted by atomic mass is 10.1. The molecule has 2 aromatic carbocycles. The fourth-order valence-electron chi connectivity index (χ4n) is 3.37. The van der Waals surface area contributed by atoms with Crippen LogP contribution in [-0.2, 0) is 4.79 Å². The van der Waals surface area contributed by atoms with E-state index in [1.54, 1.807) is 0 Å². The highest BCUT2D eigenvalue weighted by Gasteiger charge is 2.24. The van der Waals surface area contributed by atoms with E-state index in [1.165, 1.54) is 0 Å². The predicted octanol–water partition coefficient (Wildman–Crippen LogP) is 3.01. The van der Waals surface area contributed by atoms with Crippen molar-refractivity contribution in [3.63, 3.8) is 0 Å². The minimum absolute atomic E-state index is 0.0117. The van der Waals surface area contributed by atoms with Crippen molar-refractivity contribution in [2.45, 2.75) is 20.8 Å². The van der Waals surface area contributed by atoms with Crippen LogP contribution in [0.2, 0.25) is 0 Å². The summed E-state index contributed by atoms with van der Waals surface area (Å²) in [5.41, 5.74) is 4.89. The molecular weight excluding hydrogens is 338 g/mol. The number of hydrogen-bond acceptors (Lipinski definition) is 3. The highest BCUT2D eigenvalue weighted by atomic mass is 16.2. The summed E-state index contributed by atoms with van der Waals surface area (Å²) in [6.45, 7) is 9.06. The zero-order chi connectivity index (χ0) is 19.4. The molecule has 27 heavy (non-hydrogen) atoms. The van der Waals surface area contributed by atoms with E-state index < -0.39 is 0 Å². The lowest BCUT2D eigenvalue weighted by molar-refractivity contribution is -0.117. The Bertz CT molecular complexity index is 839. The molecule has 2 aromatic rings. The number of amides is 2. The van der Waals surface area contributed by atoms with Gasteiger partial charge in [-0.05, 0) is 49.6 Å². The van der Waals surface area contributed by atoms with E-state index in [0.717, 1.165) is 27.9 Å². The minimum atomic E-state index is -0.0117. The largest absolute Gasteiger partial charge is 0.336 e. The molecule has 1 aliphatic rings. The van der Waals surface area contributed by atoms with E-state index >= 15 is 0 Å². The molecular formula is C22H27N3O2. The molecule has 0 bridgehead atoms. The van der Waals surface area contributed by atoms with Gasteiger partial charge in [0, 0.05) is 37.4 Å². The molecule has 5 heteroatoms. The number of nitrogens with zero attached hydrogens (tertiary/aromatic N) is 2. The Labute approximate surface area is 161 Å². The first-order valence-corrected chi connectivity index (χ1v) is 9.39. The van der Waals surface area contributed by atoms with Crippen LogP contribution in [0, 0.1) is 20.8 Å². The predicted molar refractivity (Wildman–Crippen MR) is 108 cm³/mol. The summed E-state index contributed by atoms with van der Waals surface area (Å²) >= 11 is 0. The van der Waals surface area contributed by atoms with E-state index in [4.69, 9.17) is 0 Å². The number of carbonyl (C=O) groups excluding carboxylic acids is 2. The summed E-state index contributed by atoms with van der Waals surface area (Å²) in [5, 5.41) is 3.00. The van der Waals surface area contributed by atoms with Gasteiger partial charge in [-0.3, -0.25) is 14.5 Å². The van der Waals surface area contributed by atoms with E-state index in [2.05, 4.69) is 10.2 Å². The molecule has 1 fully saturated rings. The van der Waals surface area contributed by atoms with Gasteiger partial charge in [-0.15, -0.1) is 0 Å². The number of aryl methyl sites for hydroxylation is 2. The fourth-order valence-corrected chi connectivity index (χ4v) is 3.37. The van der Waals surface area contributed by atoms with Crippen molar-refractivity contribution in [3.8, 4) is 0 Å². The van der Waals surface area contributed by atoms with E-state index in [1.807, 2.05) is 68.1 Å². The highest BCUT2D eigenvalue weighted by molar-refractivity contribution is 5.96. The molecule has 2 amide bonds. The second kappa shape index (κ2) is 8.35. The lowest BCUT2D eigenvalue weighted by Crippen LogP contribution is -2.50. The monoisotopic (exact) mass is 365 g/mol. The first kappa shape index (κ1) is 19.1. The Morgan fingerprint density at radius 2 is 1.56 bits per heavy atom. The van der Waals surface area contributed by atoms with Gasteiger partial charge in [0.15, 0.2) is 0 Å². The van der Waals surface area contributed by atoms with Gasteiger partial charge in [-0.2, -0.15) is 0 Å². The normalized spacial score (nSPS) is 14.9. The van der Waals surface area contributed by atoms with Gasteiger partial charge in [0.1, 0.15) is 0 Å². The summed E-state index contributed by atoms with van der Waals surface area (Å²) in [4.78, 5) is 29.1. The van der Waals surface area contributed by atoms with Crippen LogP contribution in [0.4, 0.5) is 5.69 Å². The SMILES string of the molecule is Cc1ccccc1C(=O)N1CCN(CC(=O)Nc2cccc(C)c2C)CC1. The molecule has 142 valence electrons. The lowest BCUT2D eigenvalue weighted by Gasteiger charge is -2.34. The molecule has 0 radical (unpaired) electrons. The number of piperazine rings is 1. The van der Waals surface area contributed by atoms with Gasteiger partial charge >= 0.3 is 0 Å². The first-order chi connectivity index (χ1) is 13.0. The molecule has 0 unspecified atom stereocenters. The summed E-state index contributed by atoms with van der Waals surface area (Å²) in [6.07, 6.45) is 0. The van der Waals surface area contributed by atoms with Crippen molar-refractivity contribution in [1.29, 1.82) is 0 Å². The maximum atomic E-state index is 12.7. The Kier molecular flexibility index (Phi) is 5.91. The Balaban J connectivity index is 1.52. The number of hydrogen-bond donors (Lipinski definition) is 1. The molecule has 1 heterocycles. The Morgan fingerprint density at radius 3 is 2.26 bits per heavy atom. The summed E-state index contributed by atoms with van der Waals surface area (Å²) in [5.74, 6) is 0.0648. The van der Waals surface area contributed by atoms with Crippen molar-refractivity contribution < 1.29 is 9.59 Å². The van der Waals surface area contributed by atoms with Crippen LogP contribution < -0.4 is 5.32 Å². The molecule has 0 atom stereocenters. The van der Waals surface area contributed by atoms with E-state index in [-0.39, 0.29) is 11.8 Å². The smallest absolute Gasteiger partial charge is 0.254 e. The number of rotatable bonds is 4. The number of anilines is 1. The average molecular weight is 365 g/mol. The quantitative estimate of drug-likeness (QED) is 0.906. The van der Waals surface area contributed by atoms with Gasteiger partial charge in [0.2, 0.25) is 5.91 Å². The highest BCUT2D eigenvalue weighted by Crippen LogP contribution is 2.18. The third kappa shape index (κ3) is 4.55. The van der Waals surface area contributed by atoms with Crippen LogP contribution in [0.25, 0.3) is 0 Å². The molecule has 1 N–H and O–H groups in total. The number of benzene rings is 2. The Morgan fingerprint density at radius 1 is 0.889 bits per heavy atom. The molecule has 1 aliphatic heterocycles. The van der Waals surface area contributed by atoms with Crippen LogP contribution in [-0.4, -0.2) is 54.3 Å². The molecule has 0 aromatic heterocycles. The van der Waals surface area contributed by atoms with Gasteiger partial charge in [0.05, 0.1) is 6.54 Å². The molecule has 0 aliphatic carbocycles. The van der Waals surface area contributed by atoms with E-state index in [9.17, 15) is 9.59 Å². The van der Waals surface area contributed by atoms with Crippen LogP contribution in [0.1, 0.15) is 27.0 Å². The fraction of sp³-hybridized carbons (Fsp3) is 0.364. The molecule has 3 rings (SSSR count). The first-order valence-electron chi connectivity index (χ1n) is 9.39. The van der Waals surface area contributed by atoms with Crippen LogP contribution >= 0.6 is 0 Å². The molecule has 1 saturated heterocycles. The molecule has 5 nitrogen and oxygen atoms in total. The average Bonchev–Trinajstić information content (AvgIpc) is 2.66. The summed E-state index contributed by atoms with van der Waals surface area (Å²) in [7, 11) is 0. The van der Waals surface area contributed by atoms with Gasteiger partial charge in [0.25, 0.3) is 5.91 Å². The van der Waals surface area contributed by atoms with Crippen LogP contribution in [0.15, 0.2) is 42.5 Å². The van der Waals surface area contributed by atoms with Crippen molar-refractivity contribution in [1.82, 2.24) is 9.80 Å². The van der Waals surface area contributed by atoms with Crippen LogP contribution in [0.5, 0.6) is 0 Å². The van der Waals surface area contributed by atoms with Gasteiger partial charge < -0.3 is 10.2 Å². The van der Waals surface area contributed by atoms with Crippen molar-refractivity contribution in [2.24, 2.45) is 0 Å². The Hall–Kier alpha value is -2.66.